The van der Waals surface area contributed by atoms with Crippen LogP contribution in [0.15, 0.2) is 36.4 Å². The molecule has 0 aromatic heterocycles. The smallest absolute Gasteiger partial charge is 0.229 e. The van der Waals surface area contributed by atoms with E-state index in [2.05, 4.69) is 0 Å². The molecule has 9 heteroatoms. The number of aliphatic hydroxyl groups is 4. The number of benzene rings is 2. The van der Waals surface area contributed by atoms with Crippen LogP contribution in [-0.2, 0) is 17.6 Å². The summed E-state index contributed by atoms with van der Waals surface area (Å²) in [5.74, 6) is -0.520. The predicted molar refractivity (Wildman–Crippen MR) is 99.7 cm³/mol. The van der Waals surface area contributed by atoms with E-state index >= 15 is 0 Å². The van der Waals surface area contributed by atoms with Gasteiger partial charge in [-0.05, 0) is 36.6 Å². The quantitative estimate of drug-likeness (QED) is 0.342. The molecule has 0 amide bonds. The average molecular weight is 408 g/mol. The first-order chi connectivity index (χ1) is 13.8. The van der Waals surface area contributed by atoms with Crippen molar-refractivity contribution in [3.63, 3.8) is 0 Å². The number of rotatable bonds is 6. The van der Waals surface area contributed by atoms with Crippen molar-refractivity contribution in [1.29, 1.82) is 0 Å². The first-order valence-corrected chi connectivity index (χ1v) is 9.10. The molecule has 0 saturated carbocycles. The number of phenolic OH excluding ortho intramolecular Hbond substituents is 3. The topological polar surface area (TPSA) is 160 Å². The molecule has 0 bridgehead atoms. The van der Waals surface area contributed by atoms with Crippen molar-refractivity contribution in [2.45, 2.75) is 43.5 Å². The van der Waals surface area contributed by atoms with Gasteiger partial charge in [-0.1, -0.05) is 12.1 Å². The third-order valence-corrected chi connectivity index (χ3v) is 4.83. The number of hydrogen-bond donors (Lipinski definition) is 7. The number of aryl methyl sites for hydroxylation is 2. The van der Waals surface area contributed by atoms with Crippen molar-refractivity contribution in [3.05, 3.63) is 47.5 Å². The first kappa shape index (κ1) is 21.2. The molecule has 0 radical (unpaired) electrons. The minimum Gasteiger partial charge on any atom is -0.508 e. The number of ether oxygens (including phenoxy) is 2. The van der Waals surface area contributed by atoms with Crippen LogP contribution in [0.25, 0.3) is 0 Å². The van der Waals surface area contributed by atoms with Gasteiger partial charge in [0, 0.05) is 11.6 Å². The monoisotopic (exact) mass is 408 g/mol. The van der Waals surface area contributed by atoms with Gasteiger partial charge in [-0.25, -0.2) is 0 Å². The van der Waals surface area contributed by atoms with Gasteiger partial charge in [-0.2, -0.15) is 0 Å². The van der Waals surface area contributed by atoms with Gasteiger partial charge >= 0.3 is 0 Å². The molecule has 7 N–H and O–H groups in total. The molecule has 1 aliphatic rings. The highest BCUT2D eigenvalue weighted by Gasteiger charge is 2.45. The second kappa shape index (κ2) is 8.85. The normalized spacial score (nSPS) is 27.0. The van der Waals surface area contributed by atoms with Gasteiger partial charge in [-0.3, -0.25) is 0 Å². The average Bonchev–Trinajstić information content (AvgIpc) is 2.69. The number of aliphatic hydroxyl groups excluding tert-OH is 4. The van der Waals surface area contributed by atoms with Crippen molar-refractivity contribution in [1.82, 2.24) is 0 Å². The van der Waals surface area contributed by atoms with Crippen molar-refractivity contribution in [2.24, 2.45) is 0 Å². The fourth-order valence-electron chi connectivity index (χ4n) is 3.20. The van der Waals surface area contributed by atoms with E-state index in [-0.39, 0.29) is 17.2 Å². The van der Waals surface area contributed by atoms with Crippen LogP contribution < -0.4 is 4.74 Å². The summed E-state index contributed by atoms with van der Waals surface area (Å²) in [4.78, 5) is 0. The molecule has 9 nitrogen and oxygen atoms in total. The van der Waals surface area contributed by atoms with Crippen LogP contribution in [0.2, 0.25) is 0 Å². The molecule has 0 spiro atoms. The van der Waals surface area contributed by atoms with E-state index in [4.69, 9.17) is 9.47 Å². The zero-order valence-electron chi connectivity index (χ0n) is 15.4. The third-order valence-electron chi connectivity index (χ3n) is 4.83. The Morgan fingerprint density at radius 1 is 0.828 bits per heavy atom. The van der Waals surface area contributed by atoms with E-state index in [0.717, 1.165) is 11.6 Å². The van der Waals surface area contributed by atoms with E-state index in [9.17, 15) is 35.7 Å². The Morgan fingerprint density at radius 2 is 1.52 bits per heavy atom. The minimum atomic E-state index is -1.63. The van der Waals surface area contributed by atoms with Crippen LogP contribution in [0.3, 0.4) is 0 Å². The maximum Gasteiger partial charge on any atom is 0.229 e. The molecule has 1 heterocycles. The van der Waals surface area contributed by atoms with Gasteiger partial charge in [0.25, 0.3) is 0 Å². The fraction of sp³-hybridized carbons (Fsp3) is 0.400. The summed E-state index contributed by atoms with van der Waals surface area (Å²) in [5, 5.41) is 68.7. The highest BCUT2D eigenvalue weighted by molar-refractivity contribution is 5.51. The van der Waals surface area contributed by atoms with Crippen molar-refractivity contribution >= 4 is 0 Å². The second-order valence-corrected chi connectivity index (χ2v) is 6.93. The summed E-state index contributed by atoms with van der Waals surface area (Å²) >= 11 is 0. The van der Waals surface area contributed by atoms with Crippen molar-refractivity contribution in [3.8, 4) is 23.0 Å². The van der Waals surface area contributed by atoms with Gasteiger partial charge in [0.2, 0.25) is 6.29 Å². The molecular formula is C20H24O9. The van der Waals surface area contributed by atoms with Crippen LogP contribution in [-0.4, -0.2) is 73.1 Å². The number of aromatic hydroxyl groups is 3. The molecule has 158 valence electrons. The highest BCUT2D eigenvalue weighted by atomic mass is 16.7. The standard InChI is InChI=1S/C20H24O9/c21-9-15-16(25)17(26)18(27)20(28-15)29-19-11(7-13(23)8-14(19)24)4-1-10-2-5-12(22)6-3-10/h2-3,5-8,15-18,20-27H,1,4,9H2/t15-,16-,17+,18-,20+/m0/s1. The molecule has 1 saturated heterocycles. The van der Waals surface area contributed by atoms with Gasteiger partial charge in [0.15, 0.2) is 11.5 Å². The lowest BCUT2D eigenvalue weighted by Crippen LogP contribution is -2.60. The summed E-state index contributed by atoms with van der Waals surface area (Å²) in [7, 11) is 0. The zero-order chi connectivity index (χ0) is 21.1. The Kier molecular flexibility index (Phi) is 6.46. The van der Waals surface area contributed by atoms with Crippen molar-refractivity contribution in [2.75, 3.05) is 6.61 Å². The van der Waals surface area contributed by atoms with Crippen LogP contribution in [0.4, 0.5) is 0 Å². The second-order valence-electron chi connectivity index (χ2n) is 6.93. The molecule has 1 fully saturated rings. The lowest BCUT2D eigenvalue weighted by atomic mass is 9.99. The summed E-state index contributed by atoms with van der Waals surface area (Å²) < 4.78 is 10.9. The van der Waals surface area contributed by atoms with Gasteiger partial charge in [-0.15, -0.1) is 0 Å². The van der Waals surface area contributed by atoms with Crippen LogP contribution in [0.5, 0.6) is 23.0 Å². The van der Waals surface area contributed by atoms with E-state index in [0.29, 0.717) is 18.4 Å². The molecule has 1 aliphatic heterocycles. The maximum atomic E-state index is 10.2. The van der Waals surface area contributed by atoms with Gasteiger partial charge in [0.1, 0.15) is 35.9 Å². The minimum absolute atomic E-state index is 0.0640. The SMILES string of the molecule is OC[C@@H]1O[C@H](Oc2c(O)cc(O)cc2CCc2ccc(O)cc2)[C@@H](O)[C@H](O)[C@H]1O. The van der Waals surface area contributed by atoms with E-state index in [1.807, 2.05) is 0 Å². The van der Waals surface area contributed by atoms with Crippen LogP contribution in [0.1, 0.15) is 11.1 Å². The molecule has 2 aromatic rings. The molecule has 0 unspecified atom stereocenters. The molecule has 3 rings (SSSR count). The number of phenols is 3. The lowest BCUT2D eigenvalue weighted by molar-refractivity contribution is -0.277. The third kappa shape index (κ3) is 4.72. The fourth-order valence-corrected chi connectivity index (χ4v) is 3.20. The number of hydrogen-bond acceptors (Lipinski definition) is 9. The Hall–Kier alpha value is -2.56. The van der Waals surface area contributed by atoms with E-state index in [1.165, 1.54) is 6.07 Å². The lowest BCUT2D eigenvalue weighted by Gasteiger charge is -2.39. The molecule has 0 aliphatic carbocycles. The maximum absolute atomic E-state index is 10.2. The summed E-state index contributed by atoms with van der Waals surface area (Å²) in [5.41, 5.74) is 1.30. The first-order valence-electron chi connectivity index (χ1n) is 9.10. The summed E-state index contributed by atoms with van der Waals surface area (Å²) in [6.07, 6.45) is -6.58. The van der Waals surface area contributed by atoms with Crippen LogP contribution in [0, 0.1) is 0 Å². The Bertz CT molecular complexity index is 821. The summed E-state index contributed by atoms with van der Waals surface area (Å²) in [6, 6.07) is 9.00. The molecule has 2 aromatic carbocycles. The predicted octanol–water partition coefficient (Wildman–Crippen LogP) is -0.233. The Morgan fingerprint density at radius 3 is 2.17 bits per heavy atom. The van der Waals surface area contributed by atoms with Gasteiger partial charge < -0.3 is 45.2 Å². The van der Waals surface area contributed by atoms with E-state index in [1.54, 1.807) is 24.3 Å². The summed E-state index contributed by atoms with van der Waals surface area (Å²) in [6.45, 7) is -0.611. The Balaban J connectivity index is 1.82. The van der Waals surface area contributed by atoms with Crippen LogP contribution >= 0.6 is 0 Å². The Labute approximate surface area is 166 Å². The zero-order valence-corrected chi connectivity index (χ0v) is 15.4. The largest absolute Gasteiger partial charge is 0.508 e. The molecule has 29 heavy (non-hydrogen) atoms. The van der Waals surface area contributed by atoms with Crippen molar-refractivity contribution < 1.29 is 45.2 Å². The molecule has 5 atom stereocenters. The highest BCUT2D eigenvalue weighted by Crippen LogP contribution is 2.37. The van der Waals surface area contributed by atoms with Gasteiger partial charge in [0.05, 0.1) is 6.61 Å². The molecular weight excluding hydrogens is 384 g/mol. The van der Waals surface area contributed by atoms with E-state index < -0.39 is 43.1 Å².